The van der Waals surface area contributed by atoms with E-state index in [0.717, 1.165) is 6.04 Å². The van der Waals surface area contributed by atoms with Crippen LogP contribution in [0.5, 0.6) is 0 Å². The second kappa shape index (κ2) is 8.64. The maximum absolute atomic E-state index is 6.29. The Morgan fingerprint density at radius 3 is 1.83 bits per heavy atom. The van der Waals surface area contributed by atoms with E-state index in [1.54, 1.807) is 12.2 Å². The Balaban J connectivity index is 4.46. The maximum atomic E-state index is 6.29. The summed E-state index contributed by atoms with van der Waals surface area (Å²) in [6.45, 7) is 18.0. The van der Waals surface area contributed by atoms with E-state index < -0.39 is 13.9 Å². The van der Waals surface area contributed by atoms with E-state index >= 15 is 0 Å². The molecule has 0 atom stereocenters. The highest BCUT2D eigenvalue weighted by Crippen LogP contribution is 2.22. The Kier molecular flexibility index (Phi) is 8.44. The molecule has 4 heteroatoms. The van der Waals surface area contributed by atoms with Crippen LogP contribution in [0.15, 0.2) is 25.3 Å². The van der Waals surface area contributed by atoms with E-state index in [1.165, 1.54) is 0 Å². The first-order valence-corrected chi connectivity index (χ1v) is 9.58. The minimum atomic E-state index is -1.64. The lowest BCUT2D eigenvalue weighted by atomic mass is 10.1. The van der Waals surface area contributed by atoms with Crippen LogP contribution >= 0.6 is 0 Å². The molecule has 0 rings (SSSR count). The summed E-state index contributed by atoms with van der Waals surface area (Å²) in [4.78, 5) is 0. The smallest absolute Gasteiger partial charge is 0.187 e. The molecule has 0 aliphatic carbocycles. The van der Waals surface area contributed by atoms with Crippen LogP contribution in [0, 0.1) is 0 Å². The van der Waals surface area contributed by atoms with Crippen molar-refractivity contribution in [3.05, 3.63) is 25.3 Å². The predicted molar refractivity (Wildman–Crippen MR) is 79.5 cm³/mol. The lowest BCUT2D eigenvalue weighted by Crippen LogP contribution is -2.48. The summed E-state index contributed by atoms with van der Waals surface area (Å²) in [5.41, 5.74) is -0.391. The number of hydrogen-bond donors (Lipinski definition) is 0. The molecule has 3 nitrogen and oxygen atoms in total. The third-order valence-corrected chi connectivity index (χ3v) is 5.41. The van der Waals surface area contributed by atoms with Crippen molar-refractivity contribution < 1.29 is 13.9 Å². The molecule has 0 N–H and O–H groups in total. The molecule has 0 aliphatic rings. The van der Waals surface area contributed by atoms with Crippen LogP contribution in [0.3, 0.4) is 0 Å². The fourth-order valence-corrected chi connectivity index (χ4v) is 3.15. The molecule has 0 aliphatic heterocycles. The van der Waals surface area contributed by atoms with Crippen molar-refractivity contribution in [2.24, 2.45) is 0 Å². The first-order valence-electron chi connectivity index (χ1n) is 6.46. The molecule has 0 amide bonds. The van der Waals surface area contributed by atoms with Gasteiger partial charge in [-0.2, -0.15) is 0 Å². The van der Waals surface area contributed by atoms with Crippen molar-refractivity contribution in [1.29, 1.82) is 0 Å². The molecule has 18 heavy (non-hydrogen) atoms. The van der Waals surface area contributed by atoms with Gasteiger partial charge in [-0.3, -0.25) is 0 Å². The first kappa shape index (κ1) is 17.6. The molecule has 0 spiro atoms. The molecular formula is C14H28O3Si. The molecule has 0 radical (unpaired) electrons. The second-order valence-corrected chi connectivity index (χ2v) is 9.70. The van der Waals surface area contributed by atoms with Crippen molar-refractivity contribution in [1.82, 2.24) is 0 Å². The number of rotatable bonds is 11. The van der Waals surface area contributed by atoms with Crippen LogP contribution in [0.2, 0.25) is 19.1 Å². The third-order valence-electron chi connectivity index (χ3n) is 2.66. The predicted octanol–water partition coefficient (Wildman–Crippen LogP) is 3.39. The molecule has 106 valence electrons. The van der Waals surface area contributed by atoms with Gasteiger partial charge in [0.25, 0.3) is 0 Å². The van der Waals surface area contributed by atoms with Crippen LogP contribution in [0.25, 0.3) is 0 Å². The van der Waals surface area contributed by atoms with Gasteiger partial charge in [-0.1, -0.05) is 19.1 Å². The topological polar surface area (TPSA) is 27.7 Å². The Morgan fingerprint density at radius 1 is 1.06 bits per heavy atom. The molecule has 0 saturated heterocycles. The fraction of sp³-hybridized carbons (Fsp3) is 0.714. The highest BCUT2D eigenvalue weighted by atomic mass is 28.4. The van der Waals surface area contributed by atoms with Gasteiger partial charge < -0.3 is 13.9 Å². The Labute approximate surface area is 113 Å². The summed E-state index contributed by atoms with van der Waals surface area (Å²) in [5, 5.41) is 0. The summed E-state index contributed by atoms with van der Waals surface area (Å²) >= 11 is 0. The molecule has 0 aromatic heterocycles. The van der Waals surface area contributed by atoms with E-state index in [-0.39, 0.29) is 0 Å². The average molecular weight is 272 g/mol. The first-order chi connectivity index (χ1) is 8.39. The summed E-state index contributed by atoms with van der Waals surface area (Å²) in [6, 6.07) is 1.07. The summed E-state index contributed by atoms with van der Waals surface area (Å²) in [7, 11) is -1.64. The Morgan fingerprint density at radius 2 is 1.50 bits per heavy atom. The van der Waals surface area contributed by atoms with E-state index in [1.807, 2.05) is 6.92 Å². The van der Waals surface area contributed by atoms with Crippen molar-refractivity contribution >= 4 is 8.32 Å². The van der Waals surface area contributed by atoms with Crippen molar-refractivity contribution in [3.63, 3.8) is 0 Å². The molecule has 0 bridgehead atoms. The van der Waals surface area contributed by atoms with Crippen molar-refractivity contribution in [2.45, 2.75) is 38.6 Å². The van der Waals surface area contributed by atoms with Crippen LogP contribution in [-0.4, -0.2) is 40.3 Å². The van der Waals surface area contributed by atoms with E-state index in [2.05, 4.69) is 33.2 Å². The number of ether oxygens (including phenoxy) is 2. The van der Waals surface area contributed by atoms with Crippen molar-refractivity contribution in [2.75, 3.05) is 26.4 Å². The van der Waals surface area contributed by atoms with Gasteiger partial charge in [-0.05, 0) is 26.1 Å². The SMILES string of the molecule is C=CCOCC(C)(COCC=C)O[Si](C)(C)CC. The van der Waals surface area contributed by atoms with E-state index in [4.69, 9.17) is 13.9 Å². The molecule has 0 fully saturated rings. The van der Waals surface area contributed by atoms with Gasteiger partial charge in [0.2, 0.25) is 0 Å². The van der Waals surface area contributed by atoms with Gasteiger partial charge >= 0.3 is 0 Å². The highest BCUT2D eigenvalue weighted by molar-refractivity contribution is 6.71. The molecule has 0 saturated carbocycles. The fourth-order valence-electron chi connectivity index (χ4n) is 1.56. The lowest BCUT2D eigenvalue weighted by molar-refractivity contribution is -0.0644. The average Bonchev–Trinajstić information content (AvgIpc) is 2.29. The minimum Gasteiger partial charge on any atom is -0.407 e. The summed E-state index contributed by atoms with van der Waals surface area (Å²) in [6.07, 6.45) is 3.49. The van der Waals surface area contributed by atoms with Gasteiger partial charge in [0.05, 0.1) is 32.0 Å². The van der Waals surface area contributed by atoms with Gasteiger partial charge in [0.1, 0.15) is 0 Å². The summed E-state index contributed by atoms with van der Waals surface area (Å²) < 4.78 is 17.4. The zero-order valence-electron chi connectivity index (χ0n) is 12.3. The van der Waals surface area contributed by atoms with Gasteiger partial charge in [0, 0.05) is 0 Å². The number of hydrogen-bond acceptors (Lipinski definition) is 3. The third kappa shape index (κ3) is 7.82. The van der Waals surface area contributed by atoms with Crippen LogP contribution in [0.1, 0.15) is 13.8 Å². The lowest BCUT2D eigenvalue weighted by Gasteiger charge is -2.37. The zero-order valence-corrected chi connectivity index (χ0v) is 13.3. The largest absolute Gasteiger partial charge is 0.407 e. The van der Waals surface area contributed by atoms with Gasteiger partial charge in [-0.15, -0.1) is 13.2 Å². The molecule has 0 unspecified atom stereocenters. The standard InChI is InChI=1S/C14H28O3Si/c1-7-10-15-12-14(4,13-16-11-8-2)17-18(5,6)9-3/h7-8H,1-2,9-13H2,3-6H3. The molecule has 0 aromatic carbocycles. The van der Waals surface area contributed by atoms with E-state index in [0.29, 0.717) is 26.4 Å². The maximum Gasteiger partial charge on any atom is 0.187 e. The van der Waals surface area contributed by atoms with Crippen LogP contribution < -0.4 is 0 Å². The normalized spacial score (nSPS) is 12.4. The monoisotopic (exact) mass is 272 g/mol. The van der Waals surface area contributed by atoms with Crippen molar-refractivity contribution in [3.8, 4) is 0 Å². The minimum absolute atomic E-state index is 0.391. The second-order valence-electron chi connectivity index (χ2n) is 5.27. The van der Waals surface area contributed by atoms with Gasteiger partial charge in [-0.25, -0.2) is 0 Å². The van der Waals surface area contributed by atoms with E-state index in [9.17, 15) is 0 Å². The zero-order chi connectivity index (χ0) is 14.1. The summed E-state index contributed by atoms with van der Waals surface area (Å²) in [5.74, 6) is 0. The Bertz CT molecular complexity index is 237. The highest BCUT2D eigenvalue weighted by Gasteiger charge is 2.34. The molecule has 0 aromatic rings. The van der Waals surface area contributed by atoms with Gasteiger partial charge in [0.15, 0.2) is 8.32 Å². The van der Waals surface area contributed by atoms with Crippen LogP contribution in [-0.2, 0) is 13.9 Å². The quantitative estimate of drug-likeness (QED) is 0.328. The molecular weight excluding hydrogens is 244 g/mol. The Hall–Kier alpha value is -0.423. The van der Waals surface area contributed by atoms with Crippen LogP contribution in [0.4, 0.5) is 0 Å². The molecule has 0 heterocycles.